The standard InChI is InChI=1S/C5H10O4S/c1-4(3-10(7)8)5(6)9-2/h4H,3H2,1-2H3,(H,7,8)/p-1. The molecule has 0 radical (unpaired) electrons. The summed E-state index contributed by atoms with van der Waals surface area (Å²) in [5.41, 5.74) is 0. The summed E-state index contributed by atoms with van der Waals surface area (Å²) >= 11 is -2.17. The first kappa shape index (κ1) is 9.58. The third kappa shape index (κ3) is 3.58. The third-order valence-corrected chi connectivity index (χ3v) is 1.76. The zero-order valence-electron chi connectivity index (χ0n) is 5.83. The van der Waals surface area contributed by atoms with Crippen molar-refractivity contribution in [2.75, 3.05) is 12.9 Å². The van der Waals surface area contributed by atoms with Crippen LogP contribution in [-0.2, 0) is 20.6 Å². The molecule has 0 amide bonds. The minimum atomic E-state index is -2.17. The van der Waals surface area contributed by atoms with Gasteiger partial charge in [-0.3, -0.25) is 9.00 Å². The van der Waals surface area contributed by atoms with E-state index in [0.29, 0.717) is 0 Å². The Morgan fingerprint density at radius 3 is 2.60 bits per heavy atom. The summed E-state index contributed by atoms with van der Waals surface area (Å²) in [4.78, 5) is 10.6. The van der Waals surface area contributed by atoms with E-state index in [1.165, 1.54) is 14.0 Å². The Morgan fingerprint density at radius 1 is 1.80 bits per heavy atom. The van der Waals surface area contributed by atoms with E-state index in [1.54, 1.807) is 0 Å². The van der Waals surface area contributed by atoms with Crippen LogP contribution in [-0.4, -0.2) is 27.6 Å². The average molecular weight is 165 g/mol. The van der Waals surface area contributed by atoms with E-state index < -0.39 is 23.0 Å². The van der Waals surface area contributed by atoms with Crippen molar-refractivity contribution in [2.45, 2.75) is 6.92 Å². The highest BCUT2D eigenvalue weighted by Crippen LogP contribution is 1.98. The van der Waals surface area contributed by atoms with Crippen LogP contribution in [0.1, 0.15) is 6.92 Å². The van der Waals surface area contributed by atoms with E-state index in [9.17, 15) is 13.6 Å². The smallest absolute Gasteiger partial charge is 0.309 e. The molecule has 0 bridgehead atoms. The molecule has 2 atom stereocenters. The fourth-order valence-corrected chi connectivity index (χ4v) is 1.02. The molecule has 0 fully saturated rings. The lowest BCUT2D eigenvalue weighted by Gasteiger charge is -2.09. The van der Waals surface area contributed by atoms with Crippen LogP contribution in [0.2, 0.25) is 0 Å². The number of carbonyl (C=O) groups excluding carboxylic acids is 1. The molecule has 0 aromatic heterocycles. The van der Waals surface area contributed by atoms with Gasteiger partial charge in [-0.25, -0.2) is 0 Å². The molecule has 0 aromatic rings. The van der Waals surface area contributed by atoms with E-state index in [2.05, 4.69) is 4.74 Å². The molecule has 0 saturated heterocycles. The second-order valence-electron chi connectivity index (χ2n) is 1.89. The van der Waals surface area contributed by atoms with Crippen molar-refractivity contribution < 1.29 is 18.3 Å². The van der Waals surface area contributed by atoms with Gasteiger partial charge in [-0.2, -0.15) is 0 Å². The highest BCUT2D eigenvalue weighted by atomic mass is 32.2. The van der Waals surface area contributed by atoms with Crippen molar-refractivity contribution in [3.8, 4) is 0 Å². The lowest BCUT2D eigenvalue weighted by Crippen LogP contribution is -2.18. The predicted molar refractivity (Wildman–Crippen MR) is 35.0 cm³/mol. The Labute approximate surface area is 61.9 Å². The first-order chi connectivity index (χ1) is 4.57. The molecule has 0 aromatic carbocycles. The van der Waals surface area contributed by atoms with Gasteiger partial charge in [0, 0.05) is 5.75 Å². The lowest BCUT2D eigenvalue weighted by atomic mass is 10.2. The molecule has 0 aliphatic carbocycles. The van der Waals surface area contributed by atoms with Gasteiger partial charge in [-0.05, 0) is 0 Å². The van der Waals surface area contributed by atoms with E-state index in [-0.39, 0.29) is 5.75 Å². The normalized spacial score (nSPS) is 15.9. The van der Waals surface area contributed by atoms with Gasteiger partial charge in [0.05, 0.1) is 13.0 Å². The average Bonchev–Trinajstić information content (AvgIpc) is 1.85. The summed E-state index contributed by atoms with van der Waals surface area (Å²) in [7, 11) is 1.23. The number of hydrogen-bond acceptors (Lipinski definition) is 4. The number of rotatable bonds is 3. The molecule has 4 nitrogen and oxygen atoms in total. The van der Waals surface area contributed by atoms with Gasteiger partial charge < -0.3 is 9.29 Å². The van der Waals surface area contributed by atoms with Crippen molar-refractivity contribution in [3.05, 3.63) is 0 Å². The topological polar surface area (TPSA) is 66.4 Å². The van der Waals surface area contributed by atoms with Crippen LogP contribution in [0.4, 0.5) is 0 Å². The van der Waals surface area contributed by atoms with Crippen LogP contribution in [0.5, 0.6) is 0 Å². The molecule has 0 heterocycles. The number of esters is 1. The molecule has 0 rings (SSSR count). The molecule has 0 aliphatic rings. The molecular formula is C5H9O4S-. The van der Waals surface area contributed by atoms with E-state index in [4.69, 9.17) is 0 Å². The number of ether oxygens (including phenoxy) is 1. The second kappa shape index (κ2) is 4.40. The SMILES string of the molecule is COC(=O)C(C)CS(=O)[O-]. The Kier molecular flexibility index (Phi) is 4.22. The molecule has 10 heavy (non-hydrogen) atoms. The summed E-state index contributed by atoms with van der Waals surface area (Å²) in [5, 5.41) is 0. The van der Waals surface area contributed by atoms with Gasteiger partial charge in [0.25, 0.3) is 0 Å². The molecule has 5 heteroatoms. The monoisotopic (exact) mass is 165 g/mol. The molecular weight excluding hydrogens is 156 g/mol. The quantitative estimate of drug-likeness (QED) is 0.424. The highest BCUT2D eigenvalue weighted by Gasteiger charge is 2.11. The Morgan fingerprint density at radius 2 is 2.30 bits per heavy atom. The summed E-state index contributed by atoms with van der Waals surface area (Å²) in [6.07, 6.45) is 0. The molecule has 2 unspecified atom stereocenters. The lowest BCUT2D eigenvalue weighted by molar-refractivity contribution is -0.144. The fourth-order valence-electron chi connectivity index (χ4n) is 0.473. The summed E-state index contributed by atoms with van der Waals surface area (Å²) in [6.45, 7) is 1.50. The van der Waals surface area contributed by atoms with E-state index in [0.717, 1.165) is 0 Å². The summed E-state index contributed by atoms with van der Waals surface area (Å²) in [5.74, 6) is -1.24. The first-order valence-corrected chi connectivity index (χ1v) is 3.96. The number of carbonyl (C=O) groups is 1. The van der Waals surface area contributed by atoms with E-state index in [1.807, 2.05) is 0 Å². The fraction of sp³-hybridized carbons (Fsp3) is 0.800. The molecule has 0 spiro atoms. The van der Waals surface area contributed by atoms with Crippen molar-refractivity contribution in [2.24, 2.45) is 5.92 Å². The molecule has 0 saturated carbocycles. The van der Waals surface area contributed by atoms with Gasteiger partial charge in [0.2, 0.25) is 0 Å². The number of methoxy groups -OCH3 is 1. The third-order valence-electron chi connectivity index (χ3n) is 0.990. The maximum absolute atomic E-state index is 10.6. The van der Waals surface area contributed by atoms with Gasteiger partial charge in [-0.1, -0.05) is 18.0 Å². The molecule has 60 valence electrons. The van der Waals surface area contributed by atoms with Gasteiger partial charge >= 0.3 is 5.97 Å². The molecule has 0 N–H and O–H groups in total. The zero-order chi connectivity index (χ0) is 8.15. The second-order valence-corrected chi connectivity index (χ2v) is 2.84. The van der Waals surface area contributed by atoms with Crippen molar-refractivity contribution in [1.82, 2.24) is 0 Å². The maximum atomic E-state index is 10.6. The Balaban J connectivity index is 3.72. The van der Waals surface area contributed by atoms with E-state index >= 15 is 0 Å². The Bertz CT molecular complexity index is 145. The largest absolute Gasteiger partial charge is 0.772 e. The van der Waals surface area contributed by atoms with Crippen molar-refractivity contribution >= 4 is 17.0 Å². The van der Waals surface area contributed by atoms with Crippen LogP contribution in [0.15, 0.2) is 0 Å². The van der Waals surface area contributed by atoms with Crippen molar-refractivity contribution in [1.29, 1.82) is 0 Å². The highest BCUT2D eigenvalue weighted by molar-refractivity contribution is 7.79. The van der Waals surface area contributed by atoms with Crippen LogP contribution < -0.4 is 0 Å². The minimum absolute atomic E-state index is 0.174. The van der Waals surface area contributed by atoms with Crippen molar-refractivity contribution in [3.63, 3.8) is 0 Å². The van der Waals surface area contributed by atoms with Crippen LogP contribution in [0, 0.1) is 5.92 Å². The van der Waals surface area contributed by atoms with Crippen LogP contribution >= 0.6 is 0 Å². The van der Waals surface area contributed by atoms with Crippen LogP contribution in [0.3, 0.4) is 0 Å². The molecule has 0 aliphatic heterocycles. The minimum Gasteiger partial charge on any atom is -0.772 e. The summed E-state index contributed by atoms with van der Waals surface area (Å²) in [6, 6.07) is 0. The van der Waals surface area contributed by atoms with Gasteiger partial charge in [0.15, 0.2) is 0 Å². The predicted octanol–water partition coefficient (Wildman–Crippen LogP) is -0.325. The zero-order valence-corrected chi connectivity index (χ0v) is 6.64. The van der Waals surface area contributed by atoms with Crippen LogP contribution in [0.25, 0.3) is 0 Å². The van der Waals surface area contributed by atoms with Gasteiger partial charge in [0.1, 0.15) is 0 Å². The maximum Gasteiger partial charge on any atom is 0.309 e. The van der Waals surface area contributed by atoms with Gasteiger partial charge in [-0.15, -0.1) is 0 Å². The summed E-state index contributed by atoms with van der Waals surface area (Å²) < 4.78 is 24.3. The first-order valence-electron chi connectivity index (χ1n) is 2.71. The number of hydrogen-bond donors (Lipinski definition) is 0. The Hall–Kier alpha value is -0.420.